The zero-order valence-electron chi connectivity index (χ0n) is 13.9. The highest BCUT2D eigenvalue weighted by molar-refractivity contribution is 5.41. The SMILES string of the molecule is Cc1nc(N(C)C)nc2c1COCC21CCN(CC2CC2)C1. The van der Waals surface area contributed by atoms with Crippen LogP contribution >= 0.6 is 0 Å². The van der Waals surface area contributed by atoms with Crippen molar-refractivity contribution in [3.8, 4) is 0 Å². The molecule has 1 unspecified atom stereocenters. The van der Waals surface area contributed by atoms with Crippen molar-refractivity contribution in [2.75, 3.05) is 45.2 Å². The fraction of sp³-hybridized carbons (Fsp3) is 0.765. The number of fused-ring (bicyclic) bond motifs is 2. The van der Waals surface area contributed by atoms with Gasteiger partial charge >= 0.3 is 0 Å². The second-order valence-corrected chi connectivity index (χ2v) is 7.53. The quantitative estimate of drug-likeness (QED) is 0.850. The van der Waals surface area contributed by atoms with Gasteiger partial charge in [-0.3, -0.25) is 0 Å². The number of likely N-dealkylation sites (tertiary alicyclic amines) is 1. The Hall–Kier alpha value is -1.20. The molecule has 120 valence electrons. The van der Waals surface area contributed by atoms with Gasteiger partial charge in [-0.1, -0.05) is 0 Å². The number of aryl methyl sites for hydroxylation is 1. The Bertz CT molecular complexity index is 584. The molecule has 2 aliphatic heterocycles. The van der Waals surface area contributed by atoms with Crippen LogP contribution in [0.3, 0.4) is 0 Å². The van der Waals surface area contributed by atoms with Gasteiger partial charge in [0, 0.05) is 38.4 Å². The van der Waals surface area contributed by atoms with Crippen LogP contribution in [0.2, 0.25) is 0 Å². The topological polar surface area (TPSA) is 41.5 Å². The van der Waals surface area contributed by atoms with E-state index >= 15 is 0 Å². The number of hydrogen-bond acceptors (Lipinski definition) is 5. The summed E-state index contributed by atoms with van der Waals surface area (Å²) in [5, 5.41) is 0. The Kier molecular flexibility index (Phi) is 3.38. The maximum absolute atomic E-state index is 5.96. The first-order chi connectivity index (χ1) is 10.6. The minimum Gasteiger partial charge on any atom is -0.376 e. The first kappa shape index (κ1) is 14.4. The third kappa shape index (κ3) is 2.40. The molecular weight excluding hydrogens is 276 g/mol. The molecular formula is C17H26N4O. The van der Waals surface area contributed by atoms with Crippen molar-refractivity contribution in [2.24, 2.45) is 5.92 Å². The van der Waals surface area contributed by atoms with Crippen LogP contribution in [0.1, 0.15) is 36.2 Å². The molecule has 3 heterocycles. The molecule has 3 aliphatic rings. The van der Waals surface area contributed by atoms with Gasteiger partial charge in [0.25, 0.3) is 0 Å². The molecule has 4 rings (SSSR count). The lowest BCUT2D eigenvalue weighted by molar-refractivity contribution is 0.0499. The van der Waals surface area contributed by atoms with Crippen molar-refractivity contribution in [2.45, 2.75) is 38.2 Å². The molecule has 1 saturated heterocycles. The minimum atomic E-state index is 0.0843. The normalized spacial score (nSPS) is 28.1. The fourth-order valence-electron chi connectivity index (χ4n) is 3.90. The van der Waals surface area contributed by atoms with Crippen molar-refractivity contribution in [3.63, 3.8) is 0 Å². The number of anilines is 1. The largest absolute Gasteiger partial charge is 0.376 e. The molecule has 1 spiro atoms. The predicted molar refractivity (Wildman–Crippen MR) is 86.2 cm³/mol. The zero-order chi connectivity index (χ0) is 15.3. The maximum atomic E-state index is 5.96. The maximum Gasteiger partial charge on any atom is 0.225 e. The Balaban J connectivity index is 1.68. The molecule has 0 amide bonds. The van der Waals surface area contributed by atoms with Crippen LogP contribution in [-0.4, -0.2) is 55.2 Å². The van der Waals surface area contributed by atoms with Crippen LogP contribution < -0.4 is 4.90 Å². The van der Waals surface area contributed by atoms with Crippen molar-refractivity contribution in [1.82, 2.24) is 14.9 Å². The van der Waals surface area contributed by atoms with Gasteiger partial charge in [-0.15, -0.1) is 0 Å². The average Bonchev–Trinajstić information content (AvgIpc) is 3.21. The van der Waals surface area contributed by atoms with Crippen LogP contribution in [0.4, 0.5) is 5.95 Å². The van der Waals surface area contributed by atoms with Crippen molar-refractivity contribution < 1.29 is 4.74 Å². The Morgan fingerprint density at radius 1 is 1.32 bits per heavy atom. The average molecular weight is 302 g/mol. The summed E-state index contributed by atoms with van der Waals surface area (Å²) in [4.78, 5) is 14.2. The molecule has 1 aromatic rings. The minimum absolute atomic E-state index is 0.0843. The summed E-state index contributed by atoms with van der Waals surface area (Å²) in [5.41, 5.74) is 3.65. The number of aromatic nitrogens is 2. The van der Waals surface area contributed by atoms with Gasteiger partial charge in [0.05, 0.1) is 24.3 Å². The van der Waals surface area contributed by atoms with Crippen LogP contribution in [0, 0.1) is 12.8 Å². The molecule has 5 heteroatoms. The first-order valence-electron chi connectivity index (χ1n) is 8.43. The van der Waals surface area contributed by atoms with E-state index in [1.54, 1.807) is 0 Å². The molecule has 2 fully saturated rings. The summed E-state index contributed by atoms with van der Waals surface area (Å²) < 4.78 is 5.96. The molecule has 22 heavy (non-hydrogen) atoms. The predicted octanol–water partition coefficient (Wildman–Crippen LogP) is 1.73. The van der Waals surface area contributed by atoms with E-state index in [1.165, 1.54) is 37.2 Å². The van der Waals surface area contributed by atoms with Crippen LogP contribution in [0.25, 0.3) is 0 Å². The number of hydrogen-bond donors (Lipinski definition) is 0. The number of nitrogens with zero attached hydrogens (tertiary/aromatic N) is 4. The highest BCUT2D eigenvalue weighted by Gasteiger charge is 2.46. The van der Waals surface area contributed by atoms with Crippen LogP contribution in [0.5, 0.6) is 0 Å². The molecule has 1 aliphatic carbocycles. The Labute approximate surface area is 132 Å². The number of ether oxygens (including phenoxy) is 1. The summed E-state index contributed by atoms with van der Waals surface area (Å²) in [6, 6.07) is 0. The lowest BCUT2D eigenvalue weighted by atomic mass is 9.80. The van der Waals surface area contributed by atoms with E-state index in [4.69, 9.17) is 9.72 Å². The van der Waals surface area contributed by atoms with Gasteiger partial charge in [0.1, 0.15) is 0 Å². The Morgan fingerprint density at radius 2 is 2.14 bits per heavy atom. The van der Waals surface area contributed by atoms with Crippen molar-refractivity contribution in [1.29, 1.82) is 0 Å². The Morgan fingerprint density at radius 3 is 2.86 bits per heavy atom. The summed E-state index contributed by atoms with van der Waals surface area (Å²) in [7, 11) is 4.03. The summed E-state index contributed by atoms with van der Waals surface area (Å²) >= 11 is 0. The second-order valence-electron chi connectivity index (χ2n) is 7.53. The fourth-order valence-corrected chi connectivity index (χ4v) is 3.90. The molecule has 0 bridgehead atoms. The van der Waals surface area contributed by atoms with E-state index in [2.05, 4.69) is 16.8 Å². The smallest absolute Gasteiger partial charge is 0.225 e. The molecule has 1 atom stereocenters. The van der Waals surface area contributed by atoms with E-state index in [9.17, 15) is 0 Å². The summed E-state index contributed by atoms with van der Waals surface area (Å²) in [6.45, 7) is 7.11. The van der Waals surface area contributed by atoms with Crippen LogP contribution in [0.15, 0.2) is 0 Å². The van der Waals surface area contributed by atoms with Crippen molar-refractivity contribution in [3.05, 3.63) is 17.0 Å². The van der Waals surface area contributed by atoms with Gasteiger partial charge in [-0.05, 0) is 38.6 Å². The third-order valence-electron chi connectivity index (χ3n) is 5.38. The first-order valence-corrected chi connectivity index (χ1v) is 8.43. The molecule has 0 N–H and O–H groups in total. The van der Waals surface area contributed by atoms with Gasteiger partial charge in [-0.2, -0.15) is 0 Å². The molecule has 1 aromatic heterocycles. The monoisotopic (exact) mass is 302 g/mol. The van der Waals surface area contributed by atoms with E-state index in [0.717, 1.165) is 37.1 Å². The van der Waals surface area contributed by atoms with Crippen LogP contribution in [-0.2, 0) is 16.8 Å². The summed E-state index contributed by atoms with van der Waals surface area (Å²) in [5.74, 6) is 1.78. The summed E-state index contributed by atoms with van der Waals surface area (Å²) in [6.07, 6.45) is 4.00. The number of rotatable bonds is 3. The van der Waals surface area contributed by atoms with Gasteiger partial charge in [0.2, 0.25) is 5.95 Å². The molecule has 5 nitrogen and oxygen atoms in total. The molecule has 0 radical (unpaired) electrons. The van der Waals surface area contributed by atoms with E-state index < -0.39 is 0 Å². The van der Waals surface area contributed by atoms with Gasteiger partial charge < -0.3 is 14.5 Å². The highest BCUT2D eigenvalue weighted by atomic mass is 16.5. The lowest BCUT2D eigenvalue weighted by Crippen LogP contribution is -2.41. The molecule has 1 saturated carbocycles. The van der Waals surface area contributed by atoms with E-state index in [-0.39, 0.29) is 5.41 Å². The van der Waals surface area contributed by atoms with Gasteiger partial charge in [0.15, 0.2) is 0 Å². The van der Waals surface area contributed by atoms with Gasteiger partial charge in [-0.25, -0.2) is 9.97 Å². The zero-order valence-corrected chi connectivity index (χ0v) is 13.9. The second kappa shape index (κ2) is 5.17. The third-order valence-corrected chi connectivity index (χ3v) is 5.38. The molecule has 0 aromatic carbocycles. The standard InChI is InChI=1S/C17H26N4O/c1-12-14-9-22-11-17(15(14)19-16(18-12)20(2)3)6-7-21(10-17)8-13-4-5-13/h13H,4-11H2,1-3H3. The van der Waals surface area contributed by atoms with E-state index in [1.807, 2.05) is 19.0 Å². The highest BCUT2D eigenvalue weighted by Crippen LogP contribution is 2.41. The lowest BCUT2D eigenvalue weighted by Gasteiger charge is -2.35. The van der Waals surface area contributed by atoms with Crippen molar-refractivity contribution >= 4 is 5.95 Å². The van der Waals surface area contributed by atoms with E-state index in [0.29, 0.717) is 6.61 Å².